The molecule has 8 heteroatoms. The van der Waals surface area contributed by atoms with Crippen molar-refractivity contribution in [1.82, 2.24) is 14.5 Å². The van der Waals surface area contributed by atoms with Crippen molar-refractivity contribution in [3.05, 3.63) is 65.9 Å². The molecule has 0 spiro atoms. The maximum atomic E-state index is 13.3. The zero-order valence-corrected chi connectivity index (χ0v) is 17.2. The summed E-state index contributed by atoms with van der Waals surface area (Å²) in [5.74, 6) is 0.900. The highest BCUT2D eigenvalue weighted by Crippen LogP contribution is 2.32. The molecule has 1 aliphatic rings. The van der Waals surface area contributed by atoms with Gasteiger partial charge in [0.05, 0.1) is 15.7 Å². The number of hydrogen-bond donors (Lipinski definition) is 0. The monoisotopic (exact) mass is 425 g/mol. The van der Waals surface area contributed by atoms with E-state index in [-0.39, 0.29) is 5.92 Å². The minimum atomic E-state index is -3.59. The van der Waals surface area contributed by atoms with Gasteiger partial charge in [0.25, 0.3) is 5.89 Å². The predicted molar refractivity (Wildman–Crippen MR) is 112 cm³/mol. The molecule has 0 amide bonds. The van der Waals surface area contributed by atoms with Crippen molar-refractivity contribution in [3.8, 4) is 10.8 Å². The number of nitrogens with zero attached hydrogens (tertiary/aromatic N) is 3. The molecule has 5 rings (SSSR count). The minimum absolute atomic E-state index is 0.0970. The molecule has 0 N–H and O–H groups in total. The Kier molecular flexibility index (Phi) is 4.69. The molecule has 3 heterocycles. The summed E-state index contributed by atoms with van der Waals surface area (Å²) in [5, 5.41) is 12.2. The second-order valence-electron chi connectivity index (χ2n) is 7.13. The average molecular weight is 426 g/mol. The highest BCUT2D eigenvalue weighted by atomic mass is 32.2. The summed E-state index contributed by atoms with van der Waals surface area (Å²) in [5.41, 5.74) is 0. The Bertz CT molecular complexity index is 1250. The van der Waals surface area contributed by atoms with Crippen LogP contribution in [0, 0.1) is 0 Å². The third-order valence-corrected chi connectivity index (χ3v) is 7.98. The molecule has 1 unspecified atom stereocenters. The summed E-state index contributed by atoms with van der Waals surface area (Å²) >= 11 is 1.54. The number of rotatable bonds is 4. The molecule has 6 nitrogen and oxygen atoms in total. The lowest BCUT2D eigenvalue weighted by molar-refractivity contribution is 0.286. The van der Waals surface area contributed by atoms with Crippen LogP contribution < -0.4 is 0 Å². The Labute approximate surface area is 172 Å². The van der Waals surface area contributed by atoms with E-state index in [4.69, 9.17) is 4.42 Å². The van der Waals surface area contributed by atoms with E-state index in [0.717, 1.165) is 28.5 Å². The van der Waals surface area contributed by atoms with Gasteiger partial charge in [-0.2, -0.15) is 4.31 Å². The van der Waals surface area contributed by atoms with E-state index >= 15 is 0 Å². The van der Waals surface area contributed by atoms with Gasteiger partial charge < -0.3 is 4.42 Å². The van der Waals surface area contributed by atoms with Gasteiger partial charge in [0.2, 0.25) is 15.9 Å². The van der Waals surface area contributed by atoms with Crippen molar-refractivity contribution in [2.24, 2.45) is 0 Å². The number of benzene rings is 2. The van der Waals surface area contributed by atoms with Crippen LogP contribution in [0.1, 0.15) is 24.7 Å². The summed E-state index contributed by atoms with van der Waals surface area (Å²) in [6.07, 6.45) is 1.59. The van der Waals surface area contributed by atoms with E-state index in [1.165, 1.54) is 11.3 Å². The summed E-state index contributed by atoms with van der Waals surface area (Å²) in [6, 6.07) is 16.9. The van der Waals surface area contributed by atoms with Crippen LogP contribution in [0.4, 0.5) is 0 Å². The molecule has 2 aromatic carbocycles. The van der Waals surface area contributed by atoms with E-state index in [1.807, 2.05) is 47.8 Å². The van der Waals surface area contributed by atoms with Crippen molar-refractivity contribution < 1.29 is 12.8 Å². The number of piperidine rings is 1. The zero-order chi connectivity index (χ0) is 19.8. The summed E-state index contributed by atoms with van der Waals surface area (Å²) in [6.45, 7) is 0.846. The molecule has 1 atom stereocenters. The molecule has 29 heavy (non-hydrogen) atoms. The second kappa shape index (κ2) is 7.37. The molecule has 148 valence electrons. The van der Waals surface area contributed by atoms with Gasteiger partial charge in [-0.1, -0.05) is 36.4 Å². The Balaban J connectivity index is 1.40. The molecule has 4 aromatic rings. The Morgan fingerprint density at radius 3 is 2.72 bits per heavy atom. The molecule has 0 aliphatic carbocycles. The molecule has 2 aromatic heterocycles. The van der Waals surface area contributed by atoms with Crippen LogP contribution in [0.5, 0.6) is 0 Å². The van der Waals surface area contributed by atoms with E-state index in [2.05, 4.69) is 10.2 Å². The van der Waals surface area contributed by atoms with Gasteiger partial charge in [0.15, 0.2) is 0 Å². The highest BCUT2D eigenvalue weighted by Gasteiger charge is 2.33. The van der Waals surface area contributed by atoms with Crippen molar-refractivity contribution >= 4 is 32.1 Å². The average Bonchev–Trinajstić information content (AvgIpc) is 3.45. The standard InChI is InChI=1S/C21H19N3O3S2/c25-29(26,18-10-9-15-5-1-2-6-16(15)13-18)24-11-3-7-17(14-24)20-22-23-21(27-20)19-8-4-12-28-19/h1-2,4-6,8-10,12-13,17H,3,7,11,14H2. The van der Waals surface area contributed by atoms with Crippen LogP contribution in [-0.4, -0.2) is 36.0 Å². The first kappa shape index (κ1) is 18.5. The maximum Gasteiger partial charge on any atom is 0.257 e. The van der Waals surface area contributed by atoms with Gasteiger partial charge in [-0.25, -0.2) is 8.42 Å². The highest BCUT2D eigenvalue weighted by molar-refractivity contribution is 7.89. The van der Waals surface area contributed by atoms with Crippen LogP contribution in [0.3, 0.4) is 0 Å². The van der Waals surface area contributed by atoms with Crippen LogP contribution in [-0.2, 0) is 10.0 Å². The molecule has 0 saturated carbocycles. The Morgan fingerprint density at radius 2 is 1.90 bits per heavy atom. The zero-order valence-electron chi connectivity index (χ0n) is 15.6. The third-order valence-electron chi connectivity index (χ3n) is 5.26. The summed E-state index contributed by atoms with van der Waals surface area (Å²) < 4.78 is 33.9. The quantitative estimate of drug-likeness (QED) is 0.480. The lowest BCUT2D eigenvalue weighted by atomic mass is 10.00. The smallest absolute Gasteiger partial charge is 0.257 e. The Morgan fingerprint density at radius 1 is 1.03 bits per heavy atom. The van der Waals surface area contributed by atoms with Gasteiger partial charge in [-0.3, -0.25) is 0 Å². The van der Waals surface area contributed by atoms with Crippen molar-refractivity contribution in [3.63, 3.8) is 0 Å². The van der Waals surface area contributed by atoms with Gasteiger partial charge in [-0.05, 0) is 47.2 Å². The fourth-order valence-electron chi connectivity index (χ4n) is 3.74. The molecule has 1 saturated heterocycles. The lowest BCUT2D eigenvalue weighted by Gasteiger charge is -2.30. The van der Waals surface area contributed by atoms with Crippen molar-refractivity contribution in [1.29, 1.82) is 0 Å². The van der Waals surface area contributed by atoms with E-state index in [9.17, 15) is 8.42 Å². The SMILES string of the molecule is O=S(=O)(c1ccc2ccccc2c1)N1CCCC(c2nnc(-c3cccs3)o2)C1. The molecular formula is C21H19N3O3S2. The van der Waals surface area contributed by atoms with E-state index in [1.54, 1.807) is 16.4 Å². The van der Waals surface area contributed by atoms with Crippen LogP contribution >= 0.6 is 11.3 Å². The van der Waals surface area contributed by atoms with Crippen molar-refractivity contribution in [2.75, 3.05) is 13.1 Å². The van der Waals surface area contributed by atoms with Gasteiger partial charge in [0.1, 0.15) is 0 Å². The first-order valence-corrected chi connectivity index (χ1v) is 11.8. The molecule has 0 radical (unpaired) electrons. The molecular weight excluding hydrogens is 406 g/mol. The first-order valence-electron chi connectivity index (χ1n) is 9.47. The van der Waals surface area contributed by atoms with E-state index in [0.29, 0.717) is 29.8 Å². The fraction of sp³-hybridized carbons (Fsp3) is 0.238. The number of thiophene rings is 1. The Hall–Kier alpha value is -2.55. The number of hydrogen-bond acceptors (Lipinski definition) is 6. The summed E-state index contributed by atoms with van der Waals surface area (Å²) in [7, 11) is -3.59. The van der Waals surface area contributed by atoms with Gasteiger partial charge in [0, 0.05) is 13.1 Å². The van der Waals surface area contributed by atoms with Crippen LogP contribution in [0.2, 0.25) is 0 Å². The fourth-order valence-corrected chi connectivity index (χ4v) is 5.94. The minimum Gasteiger partial charge on any atom is -0.420 e. The van der Waals surface area contributed by atoms with Gasteiger partial charge in [-0.15, -0.1) is 21.5 Å². The summed E-state index contributed by atoms with van der Waals surface area (Å²) in [4.78, 5) is 1.24. The first-order chi connectivity index (χ1) is 14.1. The van der Waals surface area contributed by atoms with Crippen LogP contribution in [0.25, 0.3) is 21.5 Å². The lowest BCUT2D eigenvalue weighted by Crippen LogP contribution is -2.39. The van der Waals surface area contributed by atoms with Crippen LogP contribution in [0.15, 0.2) is 69.3 Å². The molecule has 1 fully saturated rings. The molecule has 0 bridgehead atoms. The predicted octanol–water partition coefficient (Wildman–Crippen LogP) is 4.52. The van der Waals surface area contributed by atoms with Gasteiger partial charge >= 0.3 is 0 Å². The normalized spacial score (nSPS) is 18.3. The maximum absolute atomic E-state index is 13.3. The second-order valence-corrected chi connectivity index (χ2v) is 10.0. The number of sulfonamides is 1. The number of aromatic nitrogens is 2. The number of fused-ring (bicyclic) bond motifs is 1. The topological polar surface area (TPSA) is 76.3 Å². The van der Waals surface area contributed by atoms with E-state index < -0.39 is 10.0 Å². The third kappa shape index (κ3) is 3.48. The largest absolute Gasteiger partial charge is 0.420 e. The van der Waals surface area contributed by atoms with Crippen molar-refractivity contribution in [2.45, 2.75) is 23.7 Å². The molecule has 1 aliphatic heterocycles.